The maximum atomic E-state index is 12.6. The number of nitrogens with zero attached hydrogens (tertiary/aromatic N) is 3. The summed E-state index contributed by atoms with van der Waals surface area (Å²) >= 11 is 6.23. The summed E-state index contributed by atoms with van der Waals surface area (Å²) in [7, 11) is 0. The monoisotopic (exact) mass is 370 g/mol. The number of carbonyl (C=O) groups excluding carboxylic acids is 1. The van der Waals surface area contributed by atoms with E-state index >= 15 is 0 Å². The lowest BCUT2D eigenvalue weighted by atomic mass is 10.1. The van der Waals surface area contributed by atoms with Gasteiger partial charge in [0.25, 0.3) is 11.8 Å². The summed E-state index contributed by atoms with van der Waals surface area (Å²) in [4.78, 5) is 16.7. The molecule has 0 radical (unpaired) electrons. The number of hydrogen-bond acceptors (Lipinski definition) is 4. The van der Waals surface area contributed by atoms with Crippen molar-refractivity contribution in [2.24, 2.45) is 0 Å². The van der Waals surface area contributed by atoms with Crippen molar-refractivity contribution in [1.82, 2.24) is 14.8 Å². The zero-order chi connectivity index (χ0) is 18.7. The van der Waals surface area contributed by atoms with E-state index in [0.717, 1.165) is 11.3 Å². The zero-order valence-electron chi connectivity index (χ0n) is 14.7. The lowest BCUT2D eigenvalue weighted by Gasteiger charge is -2.23. The average molecular weight is 371 g/mol. The Bertz CT molecular complexity index is 922. The van der Waals surface area contributed by atoms with Crippen LogP contribution in [0.1, 0.15) is 19.4 Å². The summed E-state index contributed by atoms with van der Waals surface area (Å²) in [5.41, 5.74) is 0.652. The standard InChI is InChI=1S/C19H19ClN4O2/c1-13-9-10-21-16(11-13)22-18(25)19(2,3)26-17-15(20)12-24(23-17)14-7-5-4-6-8-14/h4-12H,1-3H3,(H,21,22,25). The molecule has 134 valence electrons. The Labute approximate surface area is 156 Å². The molecule has 0 saturated carbocycles. The molecule has 3 rings (SSSR count). The number of pyridine rings is 1. The molecule has 0 bridgehead atoms. The van der Waals surface area contributed by atoms with Crippen molar-refractivity contribution >= 4 is 23.3 Å². The molecule has 6 nitrogen and oxygen atoms in total. The number of aromatic nitrogens is 3. The van der Waals surface area contributed by atoms with Crippen LogP contribution in [0.2, 0.25) is 5.02 Å². The summed E-state index contributed by atoms with van der Waals surface area (Å²) < 4.78 is 7.40. The van der Waals surface area contributed by atoms with Crippen LogP contribution in [0.5, 0.6) is 5.88 Å². The molecule has 1 aromatic carbocycles. The molecule has 2 heterocycles. The molecule has 1 amide bonds. The predicted octanol–water partition coefficient (Wildman–Crippen LogP) is 4.03. The molecule has 0 aliphatic heterocycles. The summed E-state index contributed by atoms with van der Waals surface area (Å²) in [5, 5.41) is 7.41. The van der Waals surface area contributed by atoms with Gasteiger partial charge in [-0.3, -0.25) is 4.79 Å². The van der Waals surface area contributed by atoms with Crippen molar-refractivity contribution in [2.75, 3.05) is 5.32 Å². The number of para-hydroxylation sites is 1. The first-order valence-corrected chi connectivity index (χ1v) is 8.47. The quantitative estimate of drug-likeness (QED) is 0.736. The Balaban J connectivity index is 1.76. The fourth-order valence-electron chi connectivity index (χ4n) is 2.28. The van der Waals surface area contributed by atoms with Crippen LogP contribution in [0.15, 0.2) is 54.9 Å². The number of halogens is 1. The highest BCUT2D eigenvalue weighted by molar-refractivity contribution is 6.31. The normalized spacial score (nSPS) is 11.2. The number of nitrogens with one attached hydrogen (secondary N) is 1. The molecule has 0 spiro atoms. The van der Waals surface area contributed by atoms with E-state index in [9.17, 15) is 4.79 Å². The largest absolute Gasteiger partial charge is 0.459 e. The SMILES string of the molecule is Cc1ccnc(NC(=O)C(C)(C)Oc2nn(-c3ccccc3)cc2Cl)c1. The third kappa shape index (κ3) is 4.03. The van der Waals surface area contributed by atoms with E-state index < -0.39 is 5.60 Å². The van der Waals surface area contributed by atoms with Crippen molar-refractivity contribution in [3.63, 3.8) is 0 Å². The Morgan fingerprint density at radius 2 is 1.96 bits per heavy atom. The summed E-state index contributed by atoms with van der Waals surface area (Å²) in [6.07, 6.45) is 3.28. The summed E-state index contributed by atoms with van der Waals surface area (Å²) in [6.45, 7) is 5.22. The predicted molar refractivity (Wildman–Crippen MR) is 101 cm³/mol. The molecule has 7 heteroatoms. The van der Waals surface area contributed by atoms with Crippen LogP contribution in [0.3, 0.4) is 0 Å². The van der Waals surface area contributed by atoms with E-state index in [4.69, 9.17) is 16.3 Å². The van der Waals surface area contributed by atoms with Gasteiger partial charge in [-0.05, 0) is 50.6 Å². The van der Waals surface area contributed by atoms with Crippen molar-refractivity contribution < 1.29 is 9.53 Å². The van der Waals surface area contributed by atoms with Crippen LogP contribution in [0.4, 0.5) is 5.82 Å². The van der Waals surface area contributed by atoms with Gasteiger partial charge in [-0.25, -0.2) is 9.67 Å². The summed E-state index contributed by atoms with van der Waals surface area (Å²) in [6, 6.07) is 13.1. The lowest BCUT2D eigenvalue weighted by Crippen LogP contribution is -2.42. The van der Waals surface area contributed by atoms with Gasteiger partial charge >= 0.3 is 0 Å². The van der Waals surface area contributed by atoms with Crippen LogP contribution in [-0.4, -0.2) is 26.3 Å². The third-order valence-corrected chi connectivity index (χ3v) is 3.97. The minimum atomic E-state index is -1.19. The van der Waals surface area contributed by atoms with E-state index in [0.29, 0.717) is 10.8 Å². The molecule has 3 aromatic rings. The van der Waals surface area contributed by atoms with Crippen LogP contribution in [0, 0.1) is 6.92 Å². The van der Waals surface area contributed by atoms with E-state index in [1.54, 1.807) is 37.0 Å². The number of anilines is 1. The van der Waals surface area contributed by atoms with Crippen molar-refractivity contribution in [3.8, 4) is 11.6 Å². The average Bonchev–Trinajstić information content (AvgIpc) is 2.96. The lowest BCUT2D eigenvalue weighted by molar-refractivity contribution is -0.128. The van der Waals surface area contributed by atoms with Gasteiger partial charge in [0.15, 0.2) is 5.60 Å². The molecule has 1 N–H and O–H groups in total. The molecule has 26 heavy (non-hydrogen) atoms. The van der Waals surface area contributed by atoms with Crippen LogP contribution >= 0.6 is 11.6 Å². The number of hydrogen-bond donors (Lipinski definition) is 1. The third-order valence-electron chi connectivity index (χ3n) is 3.71. The molecule has 0 saturated heterocycles. The van der Waals surface area contributed by atoms with Gasteiger partial charge in [-0.15, -0.1) is 5.10 Å². The number of amides is 1. The number of benzene rings is 1. The van der Waals surface area contributed by atoms with Gasteiger partial charge in [0.1, 0.15) is 10.8 Å². The van der Waals surface area contributed by atoms with E-state index in [1.807, 2.05) is 43.3 Å². The van der Waals surface area contributed by atoms with E-state index in [-0.39, 0.29) is 11.8 Å². The Hall–Kier alpha value is -2.86. The zero-order valence-corrected chi connectivity index (χ0v) is 15.5. The Morgan fingerprint density at radius 1 is 1.23 bits per heavy atom. The topological polar surface area (TPSA) is 69.0 Å². The second-order valence-electron chi connectivity index (χ2n) is 6.35. The second-order valence-corrected chi connectivity index (χ2v) is 6.75. The van der Waals surface area contributed by atoms with Gasteiger partial charge in [-0.2, -0.15) is 0 Å². The van der Waals surface area contributed by atoms with Gasteiger partial charge < -0.3 is 10.1 Å². The molecule has 0 unspecified atom stereocenters. The highest BCUT2D eigenvalue weighted by atomic mass is 35.5. The highest BCUT2D eigenvalue weighted by Gasteiger charge is 2.32. The maximum Gasteiger partial charge on any atom is 0.269 e. The molecular weight excluding hydrogens is 352 g/mol. The number of rotatable bonds is 5. The highest BCUT2D eigenvalue weighted by Crippen LogP contribution is 2.28. The van der Waals surface area contributed by atoms with E-state index in [2.05, 4.69) is 15.4 Å². The second kappa shape index (κ2) is 7.17. The Morgan fingerprint density at radius 3 is 2.65 bits per heavy atom. The van der Waals surface area contributed by atoms with Crippen LogP contribution < -0.4 is 10.1 Å². The first-order chi connectivity index (χ1) is 12.3. The first kappa shape index (κ1) is 17.9. The van der Waals surface area contributed by atoms with Gasteiger partial charge in [0.2, 0.25) is 0 Å². The molecule has 2 aromatic heterocycles. The Kier molecular flexibility index (Phi) is 4.95. The number of aryl methyl sites for hydroxylation is 1. The first-order valence-electron chi connectivity index (χ1n) is 8.09. The van der Waals surface area contributed by atoms with E-state index in [1.165, 1.54) is 0 Å². The van der Waals surface area contributed by atoms with Gasteiger partial charge in [0.05, 0.1) is 11.9 Å². The molecule has 0 fully saturated rings. The molecule has 0 atom stereocenters. The molecular formula is C19H19ClN4O2. The summed E-state index contributed by atoms with van der Waals surface area (Å²) in [5.74, 6) is 0.307. The number of ether oxygens (including phenoxy) is 1. The fourth-order valence-corrected chi connectivity index (χ4v) is 2.45. The van der Waals surface area contributed by atoms with Crippen molar-refractivity contribution in [2.45, 2.75) is 26.4 Å². The van der Waals surface area contributed by atoms with Crippen molar-refractivity contribution in [3.05, 3.63) is 65.4 Å². The molecule has 0 aliphatic rings. The van der Waals surface area contributed by atoms with Gasteiger partial charge in [-0.1, -0.05) is 29.8 Å². The minimum Gasteiger partial charge on any atom is -0.459 e. The van der Waals surface area contributed by atoms with Crippen LogP contribution in [0.25, 0.3) is 5.69 Å². The smallest absolute Gasteiger partial charge is 0.269 e. The number of carbonyl (C=O) groups is 1. The van der Waals surface area contributed by atoms with Crippen LogP contribution in [-0.2, 0) is 4.79 Å². The van der Waals surface area contributed by atoms with Crippen molar-refractivity contribution in [1.29, 1.82) is 0 Å². The van der Waals surface area contributed by atoms with Gasteiger partial charge in [0, 0.05) is 6.20 Å². The fraction of sp³-hybridized carbons (Fsp3) is 0.211. The minimum absolute atomic E-state index is 0.188. The maximum absolute atomic E-state index is 12.6. The molecule has 0 aliphatic carbocycles.